The van der Waals surface area contributed by atoms with Crippen molar-refractivity contribution in [1.29, 1.82) is 0 Å². The van der Waals surface area contributed by atoms with Gasteiger partial charge in [-0.2, -0.15) is 0 Å². The fourth-order valence-electron chi connectivity index (χ4n) is 1.81. The standard InChI is InChI=1S/C9H15NO3/c1-5-7-6(2)13-9(3,4)10(7)8(11)12/h5-7H,1H2,2-4H3,(H,11,12). The Bertz CT molecular complexity index is 237. The summed E-state index contributed by atoms with van der Waals surface area (Å²) in [4.78, 5) is 12.2. The molecule has 2 unspecified atom stereocenters. The Labute approximate surface area is 77.8 Å². The highest BCUT2D eigenvalue weighted by Crippen LogP contribution is 2.32. The van der Waals surface area contributed by atoms with E-state index in [1.807, 2.05) is 6.92 Å². The van der Waals surface area contributed by atoms with Gasteiger partial charge in [-0.1, -0.05) is 6.08 Å². The summed E-state index contributed by atoms with van der Waals surface area (Å²) in [6, 6.07) is -0.257. The number of amides is 1. The van der Waals surface area contributed by atoms with Crippen LogP contribution in [0, 0.1) is 0 Å². The lowest BCUT2D eigenvalue weighted by Crippen LogP contribution is -2.46. The molecular formula is C9H15NO3. The van der Waals surface area contributed by atoms with Crippen molar-refractivity contribution in [1.82, 2.24) is 4.90 Å². The quantitative estimate of drug-likeness (QED) is 0.632. The first-order valence-electron chi connectivity index (χ1n) is 4.23. The Kier molecular flexibility index (Phi) is 2.34. The van der Waals surface area contributed by atoms with Gasteiger partial charge in [0, 0.05) is 0 Å². The molecule has 1 fully saturated rings. The summed E-state index contributed by atoms with van der Waals surface area (Å²) in [5.74, 6) is 0. The van der Waals surface area contributed by atoms with E-state index in [0.717, 1.165) is 0 Å². The molecule has 1 N–H and O–H groups in total. The molecule has 1 saturated heterocycles. The molecule has 0 aromatic rings. The lowest BCUT2D eigenvalue weighted by molar-refractivity contribution is -0.0617. The van der Waals surface area contributed by atoms with Gasteiger partial charge in [0.15, 0.2) is 0 Å². The van der Waals surface area contributed by atoms with Crippen LogP contribution in [0.1, 0.15) is 20.8 Å². The lowest BCUT2D eigenvalue weighted by atomic mass is 10.1. The maximum atomic E-state index is 10.9. The van der Waals surface area contributed by atoms with E-state index in [0.29, 0.717) is 0 Å². The number of hydrogen-bond donors (Lipinski definition) is 1. The molecule has 2 atom stereocenters. The molecule has 0 radical (unpaired) electrons. The van der Waals surface area contributed by atoms with E-state index in [9.17, 15) is 4.79 Å². The van der Waals surface area contributed by atoms with Crippen LogP contribution in [-0.2, 0) is 4.74 Å². The van der Waals surface area contributed by atoms with Crippen LogP contribution in [-0.4, -0.2) is 34.0 Å². The zero-order valence-corrected chi connectivity index (χ0v) is 8.15. The van der Waals surface area contributed by atoms with Gasteiger partial charge in [-0.25, -0.2) is 4.79 Å². The molecule has 0 bridgehead atoms. The van der Waals surface area contributed by atoms with E-state index < -0.39 is 11.8 Å². The van der Waals surface area contributed by atoms with E-state index >= 15 is 0 Å². The van der Waals surface area contributed by atoms with Crippen LogP contribution in [0.2, 0.25) is 0 Å². The van der Waals surface area contributed by atoms with Crippen LogP contribution in [0.5, 0.6) is 0 Å². The van der Waals surface area contributed by atoms with Crippen LogP contribution in [0.4, 0.5) is 4.79 Å². The Balaban J connectivity index is 2.98. The summed E-state index contributed by atoms with van der Waals surface area (Å²) in [7, 11) is 0. The molecule has 1 amide bonds. The van der Waals surface area contributed by atoms with Crippen LogP contribution in [0.15, 0.2) is 12.7 Å². The molecule has 1 aliphatic heterocycles. The fourth-order valence-corrected chi connectivity index (χ4v) is 1.81. The first-order valence-corrected chi connectivity index (χ1v) is 4.23. The molecule has 0 aliphatic carbocycles. The zero-order chi connectivity index (χ0) is 10.2. The molecule has 74 valence electrons. The van der Waals surface area contributed by atoms with Crippen molar-refractivity contribution in [3.63, 3.8) is 0 Å². The molecule has 4 nitrogen and oxygen atoms in total. The largest absolute Gasteiger partial charge is 0.465 e. The molecule has 0 saturated carbocycles. The van der Waals surface area contributed by atoms with Crippen molar-refractivity contribution in [2.24, 2.45) is 0 Å². The number of ether oxygens (including phenoxy) is 1. The summed E-state index contributed by atoms with van der Waals surface area (Å²) in [6.45, 7) is 8.93. The third-order valence-corrected chi connectivity index (χ3v) is 2.28. The Hall–Kier alpha value is -1.03. The van der Waals surface area contributed by atoms with Crippen LogP contribution < -0.4 is 0 Å². The van der Waals surface area contributed by atoms with Crippen molar-refractivity contribution in [2.75, 3.05) is 0 Å². The topological polar surface area (TPSA) is 49.8 Å². The van der Waals surface area contributed by atoms with E-state index in [4.69, 9.17) is 9.84 Å². The minimum Gasteiger partial charge on any atom is -0.465 e. The number of rotatable bonds is 1. The molecule has 13 heavy (non-hydrogen) atoms. The highest BCUT2D eigenvalue weighted by Gasteiger charge is 2.46. The third-order valence-electron chi connectivity index (χ3n) is 2.28. The molecule has 1 rings (SSSR count). The van der Waals surface area contributed by atoms with E-state index in [2.05, 4.69) is 6.58 Å². The maximum Gasteiger partial charge on any atom is 0.410 e. The molecule has 0 aromatic carbocycles. The van der Waals surface area contributed by atoms with Gasteiger partial charge in [-0.15, -0.1) is 6.58 Å². The lowest BCUT2D eigenvalue weighted by Gasteiger charge is -2.29. The highest BCUT2D eigenvalue weighted by atomic mass is 16.6. The average Bonchev–Trinajstić information content (AvgIpc) is 2.19. The third kappa shape index (κ3) is 1.54. The minimum absolute atomic E-state index is 0.136. The predicted octanol–water partition coefficient (Wildman–Crippen LogP) is 1.68. The molecule has 4 heteroatoms. The van der Waals surface area contributed by atoms with Crippen molar-refractivity contribution in [3.8, 4) is 0 Å². The smallest absolute Gasteiger partial charge is 0.410 e. The number of nitrogens with zero attached hydrogens (tertiary/aromatic N) is 1. The average molecular weight is 185 g/mol. The second-order valence-electron chi connectivity index (χ2n) is 3.65. The fraction of sp³-hybridized carbons (Fsp3) is 0.667. The van der Waals surface area contributed by atoms with Gasteiger partial charge in [0.1, 0.15) is 5.72 Å². The predicted molar refractivity (Wildman–Crippen MR) is 48.5 cm³/mol. The van der Waals surface area contributed by atoms with Gasteiger partial charge in [-0.05, 0) is 20.8 Å². The van der Waals surface area contributed by atoms with Crippen LogP contribution in [0.3, 0.4) is 0 Å². The Morgan fingerprint density at radius 1 is 1.69 bits per heavy atom. The Morgan fingerprint density at radius 2 is 2.23 bits per heavy atom. The van der Waals surface area contributed by atoms with Crippen molar-refractivity contribution >= 4 is 6.09 Å². The van der Waals surface area contributed by atoms with E-state index in [1.54, 1.807) is 19.9 Å². The molecule has 0 aromatic heterocycles. The first kappa shape index (κ1) is 10.1. The van der Waals surface area contributed by atoms with Gasteiger partial charge in [0.25, 0.3) is 0 Å². The first-order chi connectivity index (χ1) is 5.90. The van der Waals surface area contributed by atoms with Crippen molar-refractivity contribution < 1.29 is 14.6 Å². The summed E-state index contributed by atoms with van der Waals surface area (Å²) in [5, 5.41) is 8.97. The van der Waals surface area contributed by atoms with Gasteiger partial charge >= 0.3 is 6.09 Å². The molecule has 1 aliphatic rings. The second kappa shape index (κ2) is 3.03. The zero-order valence-electron chi connectivity index (χ0n) is 8.15. The number of carboxylic acid groups (broad SMARTS) is 1. The molecular weight excluding hydrogens is 170 g/mol. The van der Waals surface area contributed by atoms with Gasteiger partial charge in [0.2, 0.25) is 0 Å². The summed E-state index contributed by atoms with van der Waals surface area (Å²) in [6.07, 6.45) is 0.496. The Morgan fingerprint density at radius 3 is 2.54 bits per heavy atom. The normalized spacial score (nSPS) is 31.8. The highest BCUT2D eigenvalue weighted by molar-refractivity contribution is 5.67. The second-order valence-corrected chi connectivity index (χ2v) is 3.65. The van der Waals surface area contributed by atoms with Gasteiger partial charge in [0.05, 0.1) is 12.1 Å². The van der Waals surface area contributed by atoms with E-state index in [1.165, 1.54) is 4.90 Å². The van der Waals surface area contributed by atoms with Crippen molar-refractivity contribution in [2.45, 2.75) is 38.6 Å². The summed E-state index contributed by atoms with van der Waals surface area (Å²) < 4.78 is 5.50. The SMILES string of the molecule is C=CC1C(C)OC(C)(C)N1C(=O)O. The van der Waals surface area contributed by atoms with Gasteiger partial charge < -0.3 is 9.84 Å². The molecule has 0 spiro atoms. The number of hydrogen-bond acceptors (Lipinski definition) is 2. The van der Waals surface area contributed by atoms with Crippen LogP contribution in [0.25, 0.3) is 0 Å². The minimum atomic E-state index is -0.973. The van der Waals surface area contributed by atoms with Gasteiger partial charge in [-0.3, -0.25) is 4.90 Å². The monoisotopic (exact) mass is 185 g/mol. The molecule has 1 heterocycles. The maximum absolute atomic E-state index is 10.9. The van der Waals surface area contributed by atoms with Crippen molar-refractivity contribution in [3.05, 3.63) is 12.7 Å². The van der Waals surface area contributed by atoms with E-state index in [-0.39, 0.29) is 12.1 Å². The van der Waals surface area contributed by atoms with Crippen LogP contribution >= 0.6 is 0 Å². The number of carbonyl (C=O) groups is 1. The summed E-state index contributed by atoms with van der Waals surface area (Å²) in [5.41, 5.74) is -0.760. The summed E-state index contributed by atoms with van der Waals surface area (Å²) >= 11 is 0.